The van der Waals surface area contributed by atoms with Gasteiger partial charge in [0.05, 0.1) is 11.4 Å². The summed E-state index contributed by atoms with van der Waals surface area (Å²) in [6, 6.07) is 6.60. The molecule has 130 valence electrons. The van der Waals surface area contributed by atoms with Crippen molar-refractivity contribution < 1.29 is 17.9 Å². The SMILES string of the molecule is CCOCCCNC(=O)CN(C)S(=O)(=O)c1ccc(SC)cc1. The third-order valence-electron chi connectivity index (χ3n) is 3.13. The van der Waals surface area contributed by atoms with E-state index < -0.39 is 10.0 Å². The van der Waals surface area contributed by atoms with E-state index in [2.05, 4.69) is 5.32 Å². The van der Waals surface area contributed by atoms with Gasteiger partial charge < -0.3 is 10.1 Å². The summed E-state index contributed by atoms with van der Waals surface area (Å²) in [5.41, 5.74) is 0. The number of hydrogen-bond acceptors (Lipinski definition) is 5. The molecular weight excluding hydrogens is 336 g/mol. The summed E-state index contributed by atoms with van der Waals surface area (Å²) in [5, 5.41) is 2.69. The highest BCUT2D eigenvalue weighted by Crippen LogP contribution is 2.19. The number of likely N-dealkylation sites (N-methyl/N-ethyl adjacent to an activating group) is 1. The Kier molecular flexibility index (Phi) is 8.60. The molecule has 0 heterocycles. The second-order valence-corrected chi connectivity index (χ2v) is 7.76. The van der Waals surface area contributed by atoms with Crippen LogP contribution < -0.4 is 5.32 Å². The predicted octanol–water partition coefficient (Wildman–Crippen LogP) is 1.57. The molecule has 0 unspecified atom stereocenters. The van der Waals surface area contributed by atoms with E-state index in [0.29, 0.717) is 26.2 Å². The minimum atomic E-state index is -3.66. The Morgan fingerprint density at radius 1 is 1.30 bits per heavy atom. The molecule has 6 nitrogen and oxygen atoms in total. The molecule has 23 heavy (non-hydrogen) atoms. The molecule has 0 fully saturated rings. The molecule has 0 saturated carbocycles. The van der Waals surface area contributed by atoms with Crippen molar-refractivity contribution in [1.82, 2.24) is 9.62 Å². The van der Waals surface area contributed by atoms with Gasteiger partial charge in [-0.1, -0.05) is 0 Å². The summed E-state index contributed by atoms with van der Waals surface area (Å²) in [7, 11) is -2.26. The number of carbonyl (C=O) groups excluding carboxylic acids is 1. The summed E-state index contributed by atoms with van der Waals surface area (Å²) in [4.78, 5) is 13.0. The Morgan fingerprint density at radius 2 is 1.96 bits per heavy atom. The minimum Gasteiger partial charge on any atom is -0.382 e. The molecule has 0 aliphatic carbocycles. The van der Waals surface area contributed by atoms with Gasteiger partial charge in [0.25, 0.3) is 0 Å². The molecular formula is C15H24N2O4S2. The molecule has 1 aromatic rings. The van der Waals surface area contributed by atoms with Gasteiger partial charge in [-0.25, -0.2) is 8.42 Å². The van der Waals surface area contributed by atoms with Gasteiger partial charge in [0.1, 0.15) is 0 Å². The van der Waals surface area contributed by atoms with Crippen LogP contribution in [0.15, 0.2) is 34.1 Å². The number of nitrogens with zero attached hydrogens (tertiary/aromatic N) is 1. The van der Waals surface area contributed by atoms with Crippen LogP contribution in [-0.4, -0.2) is 58.2 Å². The number of ether oxygens (including phenoxy) is 1. The molecule has 1 aromatic carbocycles. The zero-order valence-electron chi connectivity index (χ0n) is 13.7. The van der Waals surface area contributed by atoms with E-state index in [0.717, 1.165) is 9.20 Å². The lowest BCUT2D eigenvalue weighted by molar-refractivity contribution is -0.121. The Bertz CT molecular complexity index is 588. The quantitative estimate of drug-likeness (QED) is 0.506. The average Bonchev–Trinajstić information content (AvgIpc) is 2.54. The number of thioether (sulfide) groups is 1. The molecule has 1 rings (SSSR count). The molecule has 8 heteroatoms. The van der Waals surface area contributed by atoms with Crippen LogP contribution in [0.3, 0.4) is 0 Å². The Morgan fingerprint density at radius 3 is 2.52 bits per heavy atom. The van der Waals surface area contributed by atoms with Crippen LogP contribution in [0.25, 0.3) is 0 Å². The van der Waals surface area contributed by atoms with E-state index in [4.69, 9.17) is 4.74 Å². The topological polar surface area (TPSA) is 75.7 Å². The highest BCUT2D eigenvalue weighted by Gasteiger charge is 2.22. The van der Waals surface area contributed by atoms with E-state index in [1.807, 2.05) is 13.2 Å². The zero-order chi connectivity index (χ0) is 17.3. The van der Waals surface area contributed by atoms with Crippen LogP contribution in [0.4, 0.5) is 0 Å². The van der Waals surface area contributed by atoms with Gasteiger partial charge in [0.2, 0.25) is 15.9 Å². The van der Waals surface area contributed by atoms with Crippen LogP contribution in [0.1, 0.15) is 13.3 Å². The van der Waals surface area contributed by atoms with Crippen LogP contribution in [0.2, 0.25) is 0 Å². The molecule has 1 N–H and O–H groups in total. The van der Waals surface area contributed by atoms with Gasteiger partial charge in [0, 0.05) is 31.7 Å². The van der Waals surface area contributed by atoms with E-state index in [1.165, 1.54) is 18.8 Å². The summed E-state index contributed by atoms with van der Waals surface area (Å²) in [6.07, 6.45) is 2.62. The first-order valence-electron chi connectivity index (χ1n) is 7.36. The van der Waals surface area contributed by atoms with Gasteiger partial charge in [-0.2, -0.15) is 4.31 Å². The lowest BCUT2D eigenvalue weighted by atomic mass is 10.4. The highest BCUT2D eigenvalue weighted by molar-refractivity contribution is 7.98. The van der Waals surface area contributed by atoms with Crippen LogP contribution in [0, 0.1) is 0 Å². The highest BCUT2D eigenvalue weighted by atomic mass is 32.2. The zero-order valence-corrected chi connectivity index (χ0v) is 15.4. The van der Waals surface area contributed by atoms with E-state index in [1.54, 1.807) is 24.3 Å². The lowest BCUT2D eigenvalue weighted by Gasteiger charge is -2.17. The number of carbonyl (C=O) groups is 1. The second kappa shape index (κ2) is 9.92. The van der Waals surface area contributed by atoms with Crippen molar-refractivity contribution in [2.24, 2.45) is 0 Å². The first kappa shape index (κ1) is 20.0. The Hall–Kier alpha value is -1.09. The molecule has 0 saturated heterocycles. The van der Waals surface area contributed by atoms with Crippen molar-refractivity contribution in [2.75, 3.05) is 39.6 Å². The number of rotatable bonds is 10. The lowest BCUT2D eigenvalue weighted by Crippen LogP contribution is -2.38. The number of sulfonamides is 1. The van der Waals surface area contributed by atoms with Crippen molar-refractivity contribution in [3.8, 4) is 0 Å². The molecule has 0 aromatic heterocycles. The molecule has 1 amide bonds. The van der Waals surface area contributed by atoms with Gasteiger partial charge >= 0.3 is 0 Å². The largest absolute Gasteiger partial charge is 0.382 e. The normalized spacial score (nSPS) is 11.7. The molecule has 0 atom stereocenters. The first-order valence-corrected chi connectivity index (χ1v) is 10.0. The fourth-order valence-electron chi connectivity index (χ4n) is 1.82. The van der Waals surface area contributed by atoms with Gasteiger partial charge in [0.15, 0.2) is 0 Å². The van der Waals surface area contributed by atoms with Gasteiger partial charge in [-0.3, -0.25) is 4.79 Å². The van der Waals surface area contributed by atoms with Crippen LogP contribution in [-0.2, 0) is 19.6 Å². The van der Waals surface area contributed by atoms with Crippen LogP contribution in [0.5, 0.6) is 0 Å². The standard InChI is InChI=1S/C15H24N2O4S2/c1-4-21-11-5-10-16-15(18)12-17(2)23(19,20)14-8-6-13(22-3)7-9-14/h6-9H,4-5,10-12H2,1-3H3,(H,16,18). The monoisotopic (exact) mass is 360 g/mol. The van der Waals surface area contributed by atoms with Gasteiger partial charge in [-0.05, 0) is 43.9 Å². The molecule has 0 bridgehead atoms. The second-order valence-electron chi connectivity index (χ2n) is 4.84. The fraction of sp³-hybridized carbons (Fsp3) is 0.533. The predicted molar refractivity (Wildman–Crippen MR) is 92.2 cm³/mol. The molecule has 0 radical (unpaired) electrons. The van der Waals surface area contributed by atoms with E-state index in [9.17, 15) is 13.2 Å². The molecule has 0 aliphatic rings. The van der Waals surface area contributed by atoms with E-state index in [-0.39, 0.29) is 17.3 Å². The molecule has 0 aliphatic heterocycles. The number of benzene rings is 1. The maximum atomic E-state index is 12.4. The van der Waals surface area contributed by atoms with Crippen LogP contribution >= 0.6 is 11.8 Å². The first-order chi connectivity index (χ1) is 10.9. The summed E-state index contributed by atoms with van der Waals surface area (Å²) in [6.45, 7) is 3.39. The van der Waals surface area contributed by atoms with Crippen molar-refractivity contribution in [2.45, 2.75) is 23.1 Å². The van der Waals surface area contributed by atoms with Crippen molar-refractivity contribution in [3.05, 3.63) is 24.3 Å². The fourth-order valence-corrected chi connectivity index (χ4v) is 3.35. The van der Waals surface area contributed by atoms with Gasteiger partial charge in [-0.15, -0.1) is 11.8 Å². The average molecular weight is 361 g/mol. The smallest absolute Gasteiger partial charge is 0.243 e. The maximum absolute atomic E-state index is 12.4. The number of nitrogens with one attached hydrogen (secondary N) is 1. The summed E-state index contributed by atoms with van der Waals surface area (Å²) < 4.78 is 31.0. The third kappa shape index (κ3) is 6.50. The maximum Gasteiger partial charge on any atom is 0.243 e. The number of amides is 1. The van der Waals surface area contributed by atoms with Crippen molar-refractivity contribution in [3.63, 3.8) is 0 Å². The Labute approximate surface area is 142 Å². The van der Waals surface area contributed by atoms with Crippen molar-refractivity contribution in [1.29, 1.82) is 0 Å². The third-order valence-corrected chi connectivity index (χ3v) is 5.69. The Balaban J connectivity index is 2.54. The van der Waals surface area contributed by atoms with E-state index >= 15 is 0 Å². The summed E-state index contributed by atoms with van der Waals surface area (Å²) in [5.74, 6) is -0.326. The number of hydrogen-bond donors (Lipinski definition) is 1. The molecule has 0 spiro atoms. The van der Waals surface area contributed by atoms with Crippen molar-refractivity contribution >= 4 is 27.7 Å². The summed E-state index contributed by atoms with van der Waals surface area (Å²) >= 11 is 1.54. The minimum absolute atomic E-state index is 0.182.